The second kappa shape index (κ2) is 14.0. The van der Waals surface area contributed by atoms with Gasteiger partial charge in [-0.1, -0.05) is 115 Å². The molecule has 0 spiro atoms. The Hall–Kier alpha value is -9.07. The normalized spacial score (nSPS) is 13.6. The van der Waals surface area contributed by atoms with E-state index >= 15 is 0 Å². The Morgan fingerprint density at radius 1 is 0.397 bits per heavy atom. The molecule has 0 amide bonds. The van der Waals surface area contributed by atoms with Gasteiger partial charge in [-0.25, -0.2) is 15.0 Å². The van der Waals surface area contributed by atoms with Crippen molar-refractivity contribution in [2.24, 2.45) is 0 Å². The lowest BCUT2D eigenvalue weighted by molar-refractivity contribution is 0.223. The van der Waals surface area contributed by atoms with Crippen LogP contribution in [0, 0.1) is 0 Å². The second-order valence-corrected chi connectivity index (χ2v) is 17.9. The number of para-hydroxylation sites is 3. The van der Waals surface area contributed by atoms with Gasteiger partial charge in [-0.05, 0) is 113 Å². The van der Waals surface area contributed by atoms with Crippen molar-refractivity contribution in [2.45, 2.75) is 13.0 Å². The Bertz CT molecular complexity index is 4370. The smallest absolute Gasteiger partial charge is 0.167 e. The van der Waals surface area contributed by atoms with Crippen molar-refractivity contribution in [1.82, 2.24) is 19.5 Å². The Balaban J connectivity index is 1.03. The lowest BCUT2D eigenvalue weighted by atomic mass is 9.91. The topological polar surface area (TPSA) is 79.1 Å². The van der Waals surface area contributed by atoms with Gasteiger partial charge in [-0.2, -0.15) is 0 Å². The molecule has 14 aromatic rings. The van der Waals surface area contributed by atoms with Gasteiger partial charge in [0.1, 0.15) is 34.2 Å². The number of hydrogen-bond acceptors (Lipinski definition) is 6. The SMILES string of the molecule is CC1Oc2ccccc2-c2cc(-c3nc(-c4ccc5oc6ccccc6c5c4)nc(-c4cc(-n5c6cc7ccccc7cc6c6cc7ccccc7cc65)cc5c4oc4ccccc45)n3)ccc21. The predicted molar refractivity (Wildman–Crippen MR) is 275 cm³/mol. The molecule has 4 aromatic heterocycles. The third-order valence-corrected chi connectivity index (χ3v) is 14.0. The van der Waals surface area contributed by atoms with Crippen molar-refractivity contribution in [3.05, 3.63) is 200 Å². The minimum Gasteiger partial charge on any atom is -0.485 e. The predicted octanol–water partition coefficient (Wildman–Crippen LogP) is 16.2. The molecule has 0 saturated heterocycles. The van der Waals surface area contributed by atoms with E-state index in [1.54, 1.807) is 0 Å². The van der Waals surface area contributed by atoms with Crippen LogP contribution in [0.1, 0.15) is 18.6 Å². The van der Waals surface area contributed by atoms with E-state index in [0.29, 0.717) is 23.1 Å². The van der Waals surface area contributed by atoms with E-state index in [0.717, 1.165) is 94.1 Å². The van der Waals surface area contributed by atoms with Crippen LogP contribution in [0.4, 0.5) is 0 Å². The number of ether oxygens (including phenoxy) is 1. The lowest BCUT2D eigenvalue weighted by Gasteiger charge is -2.26. The van der Waals surface area contributed by atoms with Crippen molar-refractivity contribution < 1.29 is 13.6 Å². The van der Waals surface area contributed by atoms with Crippen molar-refractivity contribution in [3.8, 4) is 56.7 Å². The molecule has 0 saturated carbocycles. The Morgan fingerprint density at radius 3 is 1.68 bits per heavy atom. The summed E-state index contributed by atoms with van der Waals surface area (Å²) in [7, 11) is 0. The zero-order valence-electron chi connectivity index (χ0n) is 36.6. The first-order valence-corrected chi connectivity index (χ1v) is 23.0. The van der Waals surface area contributed by atoms with Gasteiger partial charge < -0.3 is 18.1 Å². The molecule has 1 aliphatic rings. The first-order chi connectivity index (χ1) is 33.6. The maximum Gasteiger partial charge on any atom is 0.167 e. The molecule has 5 heterocycles. The molecular weight excluding hydrogens is 837 g/mol. The van der Waals surface area contributed by atoms with Gasteiger partial charge in [0.25, 0.3) is 0 Å². The lowest BCUT2D eigenvalue weighted by Crippen LogP contribution is -2.11. The van der Waals surface area contributed by atoms with Gasteiger partial charge >= 0.3 is 0 Å². The molecule has 0 N–H and O–H groups in total. The van der Waals surface area contributed by atoms with Crippen LogP contribution in [0.3, 0.4) is 0 Å². The summed E-state index contributed by atoms with van der Waals surface area (Å²) in [6.07, 6.45) is -0.115. The first kappa shape index (κ1) is 37.2. The van der Waals surface area contributed by atoms with Gasteiger partial charge in [0.15, 0.2) is 17.5 Å². The van der Waals surface area contributed by atoms with Crippen LogP contribution in [0.25, 0.3) is 138 Å². The van der Waals surface area contributed by atoms with Gasteiger partial charge in [-0.3, -0.25) is 0 Å². The average molecular weight is 873 g/mol. The summed E-state index contributed by atoms with van der Waals surface area (Å²) in [6.45, 7) is 2.09. The summed E-state index contributed by atoms with van der Waals surface area (Å²) in [5.41, 5.74) is 12.0. The number of nitrogens with zero attached hydrogens (tertiary/aromatic N) is 4. The molecule has 318 valence electrons. The Labute approximate surface area is 388 Å². The highest BCUT2D eigenvalue weighted by molar-refractivity contribution is 6.18. The van der Waals surface area contributed by atoms with Gasteiger partial charge in [0.05, 0.1) is 16.6 Å². The minimum absolute atomic E-state index is 0.115. The highest BCUT2D eigenvalue weighted by Gasteiger charge is 2.26. The van der Waals surface area contributed by atoms with Gasteiger partial charge in [0.2, 0.25) is 0 Å². The van der Waals surface area contributed by atoms with Gasteiger partial charge in [-0.15, -0.1) is 0 Å². The van der Waals surface area contributed by atoms with Crippen LogP contribution in [-0.2, 0) is 0 Å². The van der Waals surface area contributed by atoms with E-state index in [2.05, 4.69) is 151 Å². The first-order valence-electron chi connectivity index (χ1n) is 23.0. The van der Waals surface area contributed by atoms with Crippen LogP contribution in [-0.4, -0.2) is 19.5 Å². The van der Waals surface area contributed by atoms with Gasteiger partial charge in [0, 0.05) is 60.3 Å². The quantitative estimate of drug-likeness (QED) is 0.175. The molecule has 68 heavy (non-hydrogen) atoms. The zero-order valence-corrected chi connectivity index (χ0v) is 36.6. The molecular formula is C61H36N4O3. The molecule has 1 unspecified atom stereocenters. The zero-order chi connectivity index (χ0) is 44.6. The Kier molecular flexibility index (Phi) is 7.64. The molecule has 0 bridgehead atoms. The monoisotopic (exact) mass is 872 g/mol. The summed E-state index contributed by atoms with van der Waals surface area (Å²) >= 11 is 0. The summed E-state index contributed by atoms with van der Waals surface area (Å²) in [4.78, 5) is 16.2. The molecule has 10 aromatic carbocycles. The molecule has 0 aliphatic carbocycles. The van der Waals surface area contributed by atoms with Crippen molar-refractivity contribution >= 4 is 87.2 Å². The van der Waals surface area contributed by atoms with E-state index in [4.69, 9.17) is 28.5 Å². The molecule has 7 heteroatoms. The maximum absolute atomic E-state index is 6.88. The fourth-order valence-electron chi connectivity index (χ4n) is 10.7. The highest BCUT2D eigenvalue weighted by atomic mass is 16.5. The summed E-state index contributed by atoms with van der Waals surface area (Å²) in [5, 5.41) is 11.1. The number of furan rings is 2. The minimum atomic E-state index is -0.115. The highest BCUT2D eigenvalue weighted by Crippen LogP contribution is 2.45. The van der Waals surface area contributed by atoms with Crippen LogP contribution < -0.4 is 4.74 Å². The summed E-state index contributed by atoms with van der Waals surface area (Å²) in [5.74, 6) is 2.44. The number of hydrogen-bond donors (Lipinski definition) is 0. The molecule has 15 rings (SSSR count). The van der Waals surface area contributed by atoms with Crippen molar-refractivity contribution in [3.63, 3.8) is 0 Å². The fourth-order valence-corrected chi connectivity index (χ4v) is 10.7. The number of benzene rings is 10. The third kappa shape index (κ3) is 5.50. The summed E-state index contributed by atoms with van der Waals surface area (Å²) < 4.78 is 21.9. The largest absolute Gasteiger partial charge is 0.485 e. The van der Waals surface area contributed by atoms with E-state index in [9.17, 15) is 0 Å². The van der Waals surface area contributed by atoms with Crippen LogP contribution in [0.15, 0.2) is 203 Å². The molecule has 1 atom stereocenters. The molecule has 0 radical (unpaired) electrons. The fraction of sp³-hybridized carbons (Fsp3) is 0.0328. The standard InChI is InChI=1S/C61H36N4O3/c1-34-42-24-22-39(28-46(42)43-16-6-9-19-54(43)66-34)59-62-60(40-23-25-57-49(29-40)44-17-7-10-20-55(44)67-57)64-61(63-59)51-33-41(32-50-45-18-8-11-21-56(45)68-58(50)51)65-52-30-37-14-4-2-12-35(37)26-47(52)48-27-36-13-3-5-15-38(36)31-53(48)65/h2-34H,1H3. The van der Waals surface area contributed by atoms with E-state index in [-0.39, 0.29) is 6.10 Å². The molecule has 1 aliphatic heterocycles. The Morgan fingerprint density at radius 2 is 0.956 bits per heavy atom. The average Bonchev–Trinajstić information content (AvgIpc) is 4.05. The second-order valence-electron chi connectivity index (χ2n) is 17.9. The van der Waals surface area contributed by atoms with E-state index in [1.165, 1.54) is 32.3 Å². The van der Waals surface area contributed by atoms with E-state index < -0.39 is 0 Å². The van der Waals surface area contributed by atoms with Crippen LogP contribution >= 0.6 is 0 Å². The molecule has 7 nitrogen and oxygen atoms in total. The summed E-state index contributed by atoms with van der Waals surface area (Å²) in [6, 6.07) is 68.2. The van der Waals surface area contributed by atoms with Crippen molar-refractivity contribution in [2.75, 3.05) is 0 Å². The van der Waals surface area contributed by atoms with Crippen LogP contribution in [0.2, 0.25) is 0 Å². The number of fused-ring (bicyclic) bond motifs is 14. The number of rotatable bonds is 4. The van der Waals surface area contributed by atoms with E-state index in [1.807, 2.05) is 54.6 Å². The number of aromatic nitrogens is 4. The van der Waals surface area contributed by atoms with Crippen molar-refractivity contribution in [1.29, 1.82) is 0 Å². The molecule has 0 fully saturated rings. The third-order valence-electron chi connectivity index (χ3n) is 14.0. The maximum atomic E-state index is 6.88. The van der Waals surface area contributed by atoms with Crippen LogP contribution in [0.5, 0.6) is 5.75 Å².